The molecule has 152 valence electrons. The first-order valence-electron chi connectivity index (χ1n) is 9.27. The standard InChI is InChI=1S/C22H23F2N3OS/c1-14(2)13-27-21(28)20(11-15-5-8-17(9-6-15)26(3)4)29-22(27)25-19-10-7-16(23)12-18(19)24/h5-12,14H,13H2,1-4H3/b20-11+,25-22?. The van der Waals surface area contributed by atoms with Crippen LogP contribution >= 0.6 is 11.8 Å². The third-order valence-electron chi connectivity index (χ3n) is 4.27. The molecule has 1 amide bonds. The zero-order valence-corrected chi connectivity index (χ0v) is 17.6. The second-order valence-electron chi connectivity index (χ2n) is 7.40. The van der Waals surface area contributed by atoms with Gasteiger partial charge in [-0.05, 0) is 53.6 Å². The summed E-state index contributed by atoms with van der Waals surface area (Å²) >= 11 is 1.20. The molecule has 0 bridgehead atoms. The van der Waals surface area contributed by atoms with Gasteiger partial charge in [0.2, 0.25) is 0 Å². The average Bonchev–Trinajstić information content (AvgIpc) is 2.93. The van der Waals surface area contributed by atoms with Crippen LogP contribution in [0.4, 0.5) is 20.2 Å². The number of carbonyl (C=O) groups is 1. The lowest BCUT2D eigenvalue weighted by Gasteiger charge is -2.17. The maximum absolute atomic E-state index is 14.1. The summed E-state index contributed by atoms with van der Waals surface area (Å²) in [7, 11) is 3.93. The number of rotatable bonds is 5. The number of hydrogen-bond donors (Lipinski definition) is 0. The summed E-state index contributed by atoms with van der Waals surface area (Å²) in [5.41, 5.74) is 1.96. The molecule has 0 unspecified atom stereocenters. The molecular formula is C22H23F2N3OS. The van der Waals surface area contributed by atoms with Gasteiger partial charge in [0.25, 0.3) is 5.91 Å². The molecule has 2 aromatic carbocycles. The third-order valence-corrected chi connectivity index (χ3v) is 5.28. The Morgan fingerprint density at radius 2 is 1.83 bits per heavy atom. The minimum absolute atomic E-state index is 0.00652. The van der Waals surface area contributed by atoms with Gasteiger partial charge in [-0.3, -0.25) is 9.69 Å². The highest BCUT2D eigenvalue weighted by Gasteiger charge is 2.33. The predicted octanol–water partition coefficient (Wildman–Crippen LogP) is 5.29. The largest absolute Gasteiger partial charge is 0.378 e. The Morgan fingerprint density at radius 3 is 2.41 bits per heavy atom. The van der Waals surface area contributed by atoms with E-state index in [0.717, 1.165) is 23.4 Å². The molecule has 1 fully saturated rings. The van der Waals surface area contributed by atoms with Crippen molar-refractivity contribution in [2.45, 2.75) is 13.8 Å². The van der Waals surface area contributed by atoms with Crippen molar-refractivity contribution < 1.29 is 13.6 Å². The van der Waals surface area contributed by atoms with Crippen LogP contribution in [-0.4, -0.2) is 36.6 Å². The van der Waals surface area contributed by atoms with Gasteiger partial charge in [-0.1, -0.05) is 26.0 Å². The Balaban J connectivity index is 1.94. The average molecular weight is 416 g/mol. The monoisotopic (exact) mass is 415 g/mol. The first-order chi connectivity index (χ1) is 13.7. The molecule has 29 heavy (non-hydrogen) atoms. The van der Waals surface area contributed by atoms with Crippen molar-refractivity contribution in [2.24, 2.45) is 10.9 Å². The van der Waals surface area contributed by atoms with Gasteiger partial charge in [-0.25, -0.2) is 13.8 Å². The topological polar surface area (TPSA) is 35.9 Å². The van der Waals surface area contributed by atoms with E-state index in [-0.39, 0.29) is 17.5 Å². The molecule has 1 heterocycles. The molecule has 1 aliphatic rings. The van der Waals surface area contributed by atoms with Crippen molar-refractivity contribution in [3.8, 4) is 0 Å². The van der Waals surface area contributed by atoms with Gasteiger partial charge in [0.1, 0.15) is 11.5 Å². The van der Waals surface area contributed by atoms with Crippen molar-refractivity contribution in [3.05, 3.63) is 64.6 Å². The lowest BCUT2D eigenvalue weighted by Crippen LogP contribution is -2.32. The van der Waals surface area contributed by atoms with E-state index in [0.29, 0.717) is 16.6 Å². The molecule has 1 saturated heterocycles. The second kappa shape index (κ2) is 8.78. The zero-order chi connectivity index (χ0) is 21.1. The van der Waals surface area contributed by atoms with E-state index >= 15 is 0 Å². The molecule has 3 rings (SSSR count). The van der Waals surface area contributed by atoms with Crippen LogP contribution in [0.2, 0.25) is 0 Å². The van der Waals surface area contributed by atoms with Crippen LogP contribution in [-0.2, 0) is 4.79 Å². The maximum Gasteiger partial charge on any atom is 0.266 e. The highest BCUT2D eigenvalue weighted by Crippen LogP contribution is 2.35. The number of amidine groups is 1. The summed E-state index contributed by atoms with van der Waals surface area (Å²) in [6, 6.07) is 11.1. The number of amides is 1. The summed E-state index contributed by atoms with van der Waals surface area (Å²) in [6.07, 6.45) is 1.81. The number of anilines is 1. The lowest BCUT2D eigenvalue weighted by molar-refractivity contribution is -0.122. The minimum Gasteiger partial charge on any atom is -0.378 e. The van der Waals surface area contributed by atoms with E-state index < -0.39 is 11.6 Å². The molecule has 0 spiro atoms. The van der Waals surface area contributed by atoms with Crippen LogP contribution < -0.4 is 4.90 Å². The Morgan fingerprint density at radius 1 is 1.14 bits per heavy atom. The Bertz CT molecular complexity index is 969. The Labute approximate surface area is 173 Å². The summed E-state index contributed by atoms with van der Waals surface area (Å²) in [6.45, 7) is 4.45. The minimum atomic E-state index is -0.758. The fourth-order valence-corrected chi connectivity index (χ4v) is 3.81. The molecule has 0 aromatic heterocycles. The summed E-state index contributed by atoms with van der Waals surface area (Å²) < 4.78 is 27.2. The van der Waals surface area contributed by atoms with Crippen LogP contribution in [0.25, 0.3) is 6.08 Å². The maximum atomic E-state index is 14.1. The van der Waals surface area contributed by atoms with Crippen molar-refractivity contribution in [3.63, 3.8) is 0 Å². The summed E-state index contributed by atoms with van der Waals surface area (Å²) in [5, 5.41) is 0.394. The molecule has 4 nitrogen and oxygen atoms in total. The summed E-state index contributed by atoms with van der Waals surface area (Å²) in [4.78, 5) is 21.3. The number of hydrogen-bond acceptors (Lipinski definition) is 4. The number of benzene rings is 2. The van der Waals surface area contributed by atoms with E-state index in [9.17, 15) is 13.6 Å². The fourth-order valence-electron chi connectivity index (χ4n) is 2.81. The van der Waals surface area contributed by atoms with E-state index in [1.54, 1.807) is 4.90 Å². The number of carbonyl (C=O) groups excluding carboxylic acids is 1. The predicted molar refractivity (Wildman–Crippen MR) is 116 cm³/mol. The van der Waals surface area contributed by atoms with E-state index in [1.807, 2.05) is 63.2 Å². The van der Waals surface area contributed by atoms with Gasteiger partial charge < -0.3 is 4.90 Å². The van der Waals surface area contributed by atoms with Crippen LogP contribution in [0.15, 0.2) is 52.4 Å². The first-order valence-corrected chi connectivity index (χ1v) is 10.1. The molecule has 7 heteroatoms. The van der Waals surface area contributed by atoms with Gasteiger partial charge in [0.15, 0.2) is 11.0 Å². The Hall–Kier alpha value is -2.67. The zero-order valence-electron chi connectivity index (χ0n) is 16.8. The van der Waals surface area contributed by atoms with E-state index in [1.165, 1.54) is 17.8 Å². The number of thioether (sulfide) groups is 1. The smallest absolute Gasteiger partial charge is 0.266 e. The van der Waals surface area contributed by atoms with Crippen molar-refractivity contribution in [1.82, 2.24) is 4.90 Å². The van der Waals surface area contributed by atoms with Crippen molar-refractivity contribution in [2.75, 3.05) is 25.5 Å². The van der Waals surface area contributed by atoms with Crippen LogP contribution in [0.3, 0.4) is 0 Å². The number of halogens is 2. The van der Waals surface area contributed by atoms with Crippen LogP contribution in [0, 0.1) is 17.6 Å². The lowest BCUT2D eigenvalue weighted by atomic mass is 10.1. The van der Waals surface area contributed by atoms with E-state index in [2.05, 4.69) is 4.99 Å². The van der Waals surface area contributed by atoms with Gasteiger partial charge in [0.05, 0.1) is 4.91 Å². The Kier molecular flexibility index (Phi) is 6.37. The van der Waals surface area contributed by atoms with Crippen LogP contribution in [0.5, 0.6) is 0 Å². The third kappa shape index (κ3) is 5.03. The molecule has 0 atom stereocenters. The highest BCUT2D eigenvalue weighted by molar-refractivity contribution is 8.18. The molecule has 2 aromatic rings. The molecule has 0 aliphatic carbocycles. The molecular weight excluding hydrogens is 392 g/mol. The first kappa shape index (κ1) is 21.0. The summed E-state index contributed by atoms with van der Waals surface area (Å²) in [5.74, 6) is -1.38. The molecule has 0 saturated carbocycles. The molecule has 1 aliphatic heterocycles. The molecule has 0 radical (unpaired) electrons. The second-order valence-corrected chi connectivity index (χ2v) is 8.41. The van der Waals surface area contributed by atoms with Crippen molar-refractivity contribution in [1.29, 1.82) is 0 Å². The van der Waals surface area contributed by atoms with Gasteiger partial charge >= 0.3 is 0 Å². The van der Waals surface area contributed by atoms with E-state index in [4.69, 9.17) is 0 Å². The van der Waals surface area contributed by atoms with Crippen LogP contribution in [0.1, 0.15) is 19.4 Å². The highest BCUT2D eigenvalue weighted by atomic mass is 32.2. The quantitative estimate of drug-likeness (QED) is 0.623. The fraction of sp³-hybridized carbons (Fsp3) is 0.273. The SMILES string of the molecule is CC(C)CN1C(=O)/C(=C\c2ccc(N(C)C)cc2)SC1=Nc1ccc(F)cc1F. The van der Waals surface area contributed by atoms with Gasteiger partial charge in [0, 0.05) is 32.4 Å². The number of aliphatic imine (C=N–C) groups is 1. The van der Waals surface area contributed by atoms with Crippen molar-refractivity contribution >= 4 is 40.3 Å². The molecule has 0 N–H and O–H groups in total. The van der Waals surface area contributed by atoms with Gasteiger partial charge in [-0.2, -0.15) is 0 Å². The number of nitrogens with zero attached hydrogens (tertiary/aromatic N) is 3. The normalized spacial score (nSPS) is 17.1. The van der Waals surface area contributed by atoms with Gasteiger partial charge in [-0.15, -0.1) is 0 Å².